The van der Waals surface area contributed by atoms with Crippen LogP contribution in [0.15, 0.2) is 23.1 Å². The molecule has 0 atom stereocenters. The van der Waals surface area contributed by atoms with Gasteiger partial charge in [0.1, 0.15) is 10.6 Å². The first-order valence-electron chi connectivity index (χ1n) is 5.29. The van der Waals surface area contributed by atoms with E-state index in [1.165, 1.54) is 18.2 Å². The summed E-state index contributed by atoms with van der Waals surface area (Å²) in [6.07, 6.45) is 1.58. The van der Waals surface area contributed by atoms with Crippen LogP contribution in [0.5, 0.6) is 0 Å². The second-order valence-electron chi connectivity index (χ2n) is 3.75. The van der Waals surface area contributed by atoms with Gasteiger partial charge < -0.3 is 11.1 Å². The van der Waals surface area contributed by atoms with Gasteiger partial charge in [0.05, 0.1) is 4.92 Å². The average molecular weight is 273 g/mol. The molecule has 18 heavy (non-hydrogen) atoms. The minimum Gasteiger partial charge on any atom is -0.379 e. The predicted octanol–water partition coefficient (Wildman–Crippen LogP) is 0.759. The van der Waals surface area contributed by atoms with Crippen LogP contribution in [0.1, 0.15) is 6.42 Å². The van der Waals surface area contributed by atoms with Crippen molar-refractivity contribution in [2.75, 3.05) is 24.7 Å². The van der Waals surface area contributed by atoms with Crippen LogP contribution in [-0.4, -0.2) is 32.7 Å². The number of nitrogens with two attached hydrogens (primary N) is 1. The SMILES string of the molecule is CS(=O)(=O)c1cccc(NCCCN)c1[N+](=O)[O-]. The molecule has 0 fully saturated rings. The molecule has 0 aliphatic rings. The molecule has 3 N–H and O–H groups in total. The average Bonchev–Trinajstić information content (AvgIpc) is 2.27. The molecule has 0 spiro atoms. The molecule has 8 heteroatoms. The zero-order valence-corrected chi connectivity index (χ0v) is 10.7. The number of rotatable bonds is 6. The summed E-state index contributed by atoms with van der Waals surface area (Å²) in [5.41, 5.74) is 5.09. The number of benzene rings is 1. The Balaban J connectivity index is 3.23. The number of nitrogens with zero attached hydrogens (tertiary/aromatic N) is 1. The van der Waals surface area contributed by atoms with Crippen molar-refractivity contribution < 1.29 is 13.3 Å². The molecule has 0 bridgehead atoms. The Kier molecular flexibility index (Phi) is 4.62. The summed E-state index contributed by atoms with van der Waals surface area (Å²) in [7, 11) is -3.64. The van der Waals surface area contributed by atoms with Crippen LogP contribution in [0.25, 0.3) is 0 Å². The van der Waals surface area contributed by atoms with Crippen molar-refractivity contribution in [1.29, 1.82) is 0 Å². The maximum Gasteiger partial charge on any atom is 0.310 e. The summed E-state index contributed by atoms with van der Waals surface area (Å²) in [5.74, 6) is 0. The molecule has 0 unspecified atom stereocenters. The van der Waals surface area contributed by atoms with Crippen molar-refractivity contribution in [1.82, 2.24) is 0 Å². The monoisotopic (exact) mass is 273 g/mol. The van der Waals surface area contributed by atoms with Crippen LogP contribution in [0.4, 0.5) is 11.4 Å². The summed E-state index contributed by atoms with van der Waals surface area (Å²) in [4.78, 5) is 10.0. The lowest BCUT2D eigenvalue weighted by Gasteiger charge is -2.08. The van der Waals surface area contributed by atoms with Crippen molar-refractivity contribution in [3.63, 3.8) is 0 Å². The van der Waals surface area contributed by atoms with Gasteiger partial charge in [-0.25, -0.2) is 8.42 Å². The van der Waals surface area contributed by atoms with Crippen LogP contribution < -0.4 is 11.1 Å². The highest BCUT2D eigenvalue weighted by Crippen LogP contribution is 2.31. The lowest BCUT2D eigenvalue weighted by atomic mass is 10.2. The minimum atomic E-state index is -3.64. The van der Waals surface area contributed by atoms with E-state index in [2.05, 4.69) is 5.32 Å². The first-order valence-corrected chi connectivity index (χ1v) is 7.18. The highest BCUT2D eigenvalue weighted by atomic mass is 32.2. The first kappa shape index (κ1) is 14.4. The Morgan fingerprint density at radius 2 is 2.11 bits per heavy atom. The van der Waals surface area contributed by atoms with E-state index < -0.39 is 20.4 Å². The number of nitrogens with one attached hydrogen (secondary N) is 1. The zero-order chi connectivity index (χ0) is 13.8. The maximum absolute atomic E-state index is 11.5. The number of para-hydroxylation sites is 1. The van der Waals surface area contributed by atoms with Gasteiger partial charge in [0.15, 0.2) is 9.84 Å². The normalized spacial score (nSPS) is 11.2. The van der Waals surface area contributed by atoms with Crippen molar-refractivity contribution in [2.24, 2.45) is 5.73 Å². The largest absolute Gasteiger partial charge is 0.379 e. The molecular weight excluding hydrogens is 258 g/mol. The van der Waals surface area contributed by atoms with Crippen LogP contribution in [0, 0.1) is 10.1 Å². The van der Waals surface area contributed by atoms with Crippen molar-refractivity contribution in [2.45, 2.75) is 11.3 Å². The van der Waals surface area contributed by atoms with Gasteiger partial charge in [0.25, 0.3) is 0 Å². The number of sulfone groups is 1. The highest BCUT2D eigenvalue weighted by Gasteiger charge is 2.25. The van der Waals surface area contributed by atoms with Crippen LogP contribution in [0.3, 0.4) is 0 Å². The van der Waals surface area contributed by atoms with E-state index in [4.69, 9.17) is 5.73 Å². The summed E-state index contributed by atoms with van der Waals surface area (Å²) in [6.45, 7) is 0.900. The van der Waals surface area contributed by atoms with Crippen molar-refractivity contribution in [3.8, 4) is 0 Å². The standard InChI is InChI=1S/C10H15N3O4S/c1-18(16,17)9-5-2-4-8(10(9)13(14)15)12-7-3-6-11/h2,4-5,12H,3,6-7,11H2,1H3. The smallest absolute Gasteiger partial charge is 0.310 e. The Morgan fingerprint density at radius 1 is 1.44 bits per heavy atom. The van der Waals surface area contributed by atoms with E-state index >= 15 is 0 Å². The number of hydrogen-bond donors (Lipinski definition) is 2. The van der Waals surface area contributed by atoms with Gasteiger partial charge in [-0.15, -0.1) is 0 Å². The molecule has 0 heterocycles. The van der Waals surface area contributed by atoms with Crippen molar-refractivity contribution >= 4 is 21.2 Å². The second-order valence-corrected chi connectivity index (χ2v) is 5.73. The number of anilines is 1. The highest BCUT2D eigenvalue weighted by molar-refractivity contribution is 7.90. The molecule has 1 aromatic carbocycles. The summed E-state index contributed by atoms with van der Waals surface area (Å²) >= 11 is 0. The first-order chi connectivity index (χ1) is 8.38. The molecule has 0 aliphatic heterocycles. The predicted molar refractivity (Wildman–Crippen MR) is 68.4 cm³/mol. The fraction of sp³-hybridized carbons (Fsp3) is 0.400. The molecule has 1 aromatic rings. The summed E-state index contributed by atoms with van der Waals surface area (Å²) in [6, 6.07) is 4.17. The van der Waals surface area contributed by atoms with E-state index in [0.717, 1.165) is 6.26 Å². The maximum atomic E-state index is 11.5. The van der Waals surface area contributed by atoms with Gasteiger partial charge >= 0.3 is 5.69 Å². The molecule has 1 rings (SSSR count). The molecule has 0 amide bonds. The van der Waals surface area contributed by atoms with Crippen LogP contribution >= 0.6 is 0 Å². The molecule has 0 saturated heterocycles. The van der Waals surface area contributed by atoms with Gasteiger partial charge in [0, 0.05) is 12.8 Å². The summed E-state index contributed by atoms with van der Waals surface area (Å²) in [5, 5.41) is 13.8. The Morgan fingerprint density at radius 3 is 2.61 bits per heavy atom. The number of nitro groups is 1. The molecule has 7 nitrogen and oxygen atoms in total. The third kappa shape index (κ3) is 3.41. The molecule has 0 aliphatic carbocycles. The molecule has 100 valence electrons. The number of hydrogen-bond acceptors (Lipinski definition) is 6. The minimum absolute atomic E-state index is 0.191. The molecular formula is C10H15N3O4S. The topological polar surface area (TPSA) is 115 Å². The Hall–Kier alpha value is -1.67. The van der Waals surface area contributed by atoms with Gasteiger partial charge in [-0.3, -0.25) is 10.1 Å². The molecule has 0 saturated carbocycles. The van der Waals surface area contributed by atoms with Gasteiger partial charge in [-0.1, -0.05) is 6.07 Å². The third-order valence-corrected chi connectivity index (χ3v) is 3.41. The Bertz CT molecular complexity index is 542. The summed E-state index contributed by atoms with van der Waals surface area (Å²) < 4.78 is 23.0. The van der Waals surface area contributed by atoms with Crippen molar-refractivity contribution in [3.05, 3.63) is 28.3 Å². The van der Waals surface area contributed by atoms with E-state index in [9.17, 15) is 18.5 Å². The van der Waals surface area contributed by atoms with Gasteiger partial charge in [-0.2, -0.15) is 0 Å². The fourth-order valence-electron chi connectivity index (χ4n) is 1.48. The zero-order valence-electron chi connectivity index (χ0n) is 9.92. The van der Waals surface area contributed by atoms with E-state index in [-0.39, 0.29) is 10.6 Å². The van der Waals surface area contributed by atoms with E-state index in [0.29, 0.717) is 19.5 Å². The number of nitro benzene ring substituents is 1. The van der Waals surface area contributed by atoms with E-state index in [1.807, 2.05) is 0 Å². The molecule has 0 radical (unpaired) electrons. The molecule has 0 aromatic heterocycles. The lowest BCUT2D eigenvalue weighted by Crippen LogP contribution is -2.11. The van der Waals surface area contributed by atoms with Gasteiger partial charge in [-0.05, 0) is 25.1 Å². The fourth-order valence-corrected chi connectivity index (χ4v) is 2.34. The Labute approximate surface area is 105 Å². The third-order valence-electron chi connectivity index (χ3n) is 2.28. The van der Waals surface area contributed by atoms with Crippen LogP contribution in [-0.2, 0) is 9.84 Å². The van der Waals surface area contributed by atoms with Crippen LogP contribution in [0.2, 0.25) is 0 Å². The lowest BCUT2D eigenvalue weighted by molar-refractivity contribution is -0.386. The quantitative estimate of drug-likeness (QED) is 0.449. The second kappa shape index (κ2) is 5.78. The van der Waals surface area contributed by atoms with E-state index in [1.54, 1.807) is 0 Å². The van der Waals surface area contributed by atoms with Gasteiger partial charge in [0.2, 0.25) is 0 Å².